The third-order valence-electron chi connectivity index (χ3n) is 3.67. The normalized spacial score (nSPS) is 11.7. The number of aromatic nitrogens is 2. The van der Waals surface area contributed by atoms with Crippen LogP contribution in [0.1, 0.15) is 18.5 Å². The van der Waals surface area contributed by atoms with Gasteiger partial charge in [-0.3, -0.25) is 4.68 Å². The Hall–Kier alpha value is -2.74. The van der Waals surface area contributed by atoms with E-state index in [9.17, 15) is 4.79 Å². The van der Waals surface area contributed by atoms with Crippen LogP contribution in [-0.4, -0.2) is 43.7 Å². The van der Waals surface area contributed by atoms with Crippen molar-refractivity contribution in [1.29, 1.82) is 0 Å². The van der Waals surface area contributed by atoms with Crippen molar-refractivity contribution < 1.29 is 19.0 Å². The molecular formula is C17H24N4O4. The highest BCUT2D eigenvalue weighted by Crippen LogP contribution is 2.29. The number of hydrogen-bond donors (Lipinski definition) is 2. The molecule has 0 saturated heterocycles. The van der Waals surface area contributed by atoms with Crippen molar-refractivity contribution in [2.24, 2.45) is 0 Å². The van der Waals surface area contributed by atoms with Crippen LogP contribution in [-0.2, 0) is 11.3 Å². The van der Waals surface area contributed by atoms with E-state index in [4.69, 9.17) is 14.2 Å². The lowest BCUT2D eigenvalue weighted by Gasteiger charge is -2.18. The van der Waals surface area contributed by atoms with E-state index in [1.807, 2.05) is 19.1 Å². The highest BCUT2D eigenvalue weighted by molar-refractivity contribution is 5.89. The van der Waals surface area contributed by atoms with Crippen LogP contribution in [0.4, 0.5) is 10.5 Å². The van der Waals surface area contributed by atoms with Gasteiger partial charge in [-0.15, -0.1) is 0 Å². The molecule has 1 aromatic heterocycles. The molecule has 25 heavy (non-hydrogen) atoms. The van der Waals surface area contributed by atoms with Crippen LogP contribution in [0.25, 0.3) is 0 Å². The van der Waals surface area contributed by atoms with E-state index in [0.29, 0.717) is 30.3 Å². The molecule has 1 atom stereocenters. The van der Waals surface area contributed by atoms with Gasteiger partial charge in [0, 0.05) is 24.9 Å². The van der Waals surface area contributed by atoms with Crippen molar-refractivity contribution in [3.8, 4) is 11.5 Å². The van der Waals surface area contributed by atoms with E-state index in [0.717, 1.165) is 5.56 Å². The Bertz CT molecular complexity index is 702. The minimum Gasteiger partial charge on any atom is -0.497 e. The molecule has 0 aliphatic heterocycles. The fourth-order valence-electron chi connectivity index (χ4n) is 2.35. The molecule has 8 heteroatoms. The molecule has 0 radical (unpaired) electrons. The second-order valence-electron chi connectivity index (χ2n) is 5.41. The van der Waals surface area contributed by atoms with Gasteiger partial charge in [-0.2, -0.15) is 5.10 Å². The highest BCUT2D eigenvalue weighted by Gasteiger charge is 2.15. The Balaban J connectivity index is 1.97. The van der Waals surface area contributed by atoms with Crippen LogP contribution in [0.3, 0.4) is 0 Å². The number of carbonyl (C=O) groups is 1. The van der Waals surface area contributed by atoms with Gasteiger partial charge in [0.1, 0.15) is 11.5 Å². The molecule has 0 saturated carbocycles. The van der Waals surface area contributed by atoms with Crippen molar-refractivity contribution in [2.75, 3.05) is 33.3 Å². The first kappa shape index (κ1) is 18.6. The van der Waals surface area contributed by atoms with E-state index in [1.165, 1.54) is 0 Å². The Labute approximate surface area is 147 Å². The van der Waals surface area contributed by atoms with Crippen LogP contribution >= 0.6 is 0 Å². The lowest BCUT2D eigenvalue weighted by atomic mass is 10.1. The van der Waals surface area contributed by atoms with Gasteiger partial charge in [-0.25, -0.2) is 4.79 Å². The first-order valence-electron chi connectivity index (χ1n) is 7.88. The van der Waals surface area contributed by atoms with Gasteiger partial charge in [-0.1, -0.05) is 0 Å². The van der Waals surface area contributed by atoms with Crippen molar-refractivity contribution in [3.05, 3.63) is 36.2 Å². The summed E-state index contributed by atoms with van der Waals surface area (Å²) in [5.41, 5.74) is 1.47. The molecule has 1 heterocycles. The van der Waals surface area contributed by atoms with Gasteiger partial charge < -0.3 is 24.8 Å². The summed E-state index contributed by atoms with van der Waals surface area (Å²) in [6.45, 7) is 3.06. The van der Waals surface area contributed by atoms with E-state index in [2.05, 4.69) is 15.7 Å². The number of anilines is 1. The third-order valence-corrected chi connectivity index (χ3v) is 3.67. The zero-order valence-corrected chi connectivity index (χ0v) is 14.9. The average Bonchev–Trinajstić information content (AvgIpc) is 3.06. The molecule has 0 unspecified atom stereocenters. The number of carbonyl (C=O) groups excluding carboxylic acids is 1. The summed E-state index contributed by atoms with van der Waals surface area (Å²) in [7, 11) is 4.81. The molecule has 0 fully saturated rings. The number of nitrogens with zero attached hydrogens (tertiary/aromatic N) is 2. The lowest BCUT2D eigenvalue weighted by molar-refractivity contribution is 0.183. The number of ether oxygens (including phenoxy) is 3. The van der Waals surface area contributed by atoms with E-state index >= 15 is 0 Å². The summed E-state index contributed by atoms with van der Waals surface area (Å²) in [6, 6.07) is 4.91. The van der Waals surface area contributed by atoms with Crippen molar-refractivity contribution in [3.63, 3.8) is 0 Å². The van der Waals surface area contributed by atoms with Crippen molar-refractivity contribution in [2.45, 2.75) is 19.5 Å². The number of benzene rings is 1. The summed E-state index contributed by atoms with van der Waals surface area (Å²) in [4.78, 5) is 12.2. The Kier molecular flexibility index (Phi) is 6.64. The predicted molar refractivity (Wildman–Crippen MR) is 94.2 cm³/mol. The molecule has 1 aromatic carbocycles. The SMILES string of the molecule is COCCn1cc(NC(=O)N[C@@H](C)c2ccc(OC)cc2OC)cn1. The molecule has 0 spiro atoms. The fraction of sp³-hybridized carbons (Fsp3) is 0.412. The summed E-state index contributed by atoms with van der Waals surface area (Å²) in [6.07, 6.45) is 3.34. The van der Waals surface area contributed by atoms with Crippen LogP contribution in [0.15, 0.2) is 30.6 Å². The van der Waals surface area contributed by atoms with Gasteiger partial charge in [0.25, 0.3) is 0 Å². The van der Waals surface area contributed by atoms with Crippen molar-refractivity contribution in [1.82, 2.24) is 15.1 Å². The van der Waals surface area contributed by atoms with Gasteiger partial charge in [0.15, 0.2) is 0 Å². The summed E-state index contributed by atoms with van der Waals surface area (Å²) in [5, 5.41) is 9.79. The third kappa shape index (κ3) is 5.12. The van der Waals surface area contributed by atoms with Crippen LogP contribution in [0, 0.1) is 0 Å². The molecule has 2 aromatic rings. The second kappa shape index (κ2) is 8.93. The fourth-order valence-corrected chi connectivity index (χ4v) is 2.35. The summed E-state index contributed by atoms with van der Waals surface area (Å²) < 4.78 is 17.3. The van der Waals surface area contributed by atoms with Gasteiger partial charge in [0.2, 0.25) is 0 Å². The molecule has 2 amide bonds. The van der Waals surface area contributed by atoms with Crippen LogP contribution in [0.2, 0.25) is 0 Å². The summed E-state index contributed by atoms with van der Waals surface area (Å²) >= 11 is 0. The lowest BCUT2D eigenvalue weighted by Crippen LogP contribution is -2.31. The topological polar surface area (TPSA) is 86.6 Å². The number of urea groups is 1. The smallest absolute Gasteiger partial charge is 0.319 e. The Morgan fingerprint density at radius 3 is 2.76 bits per heavy atom. The maximum absolute atomic E-state index is 12.2. The molecule has 0 aliphatic carbocycles. The van der Waals surface area contributed by atoms with Crippen molar-refractivity contribution >= 4 is 11.7 Å². The van der Waals surface area contributed by atoms with Crippen LogP contribution in [0.5, 0.6) is 11.5 Å². The van der Waals surface area contributed by atoms with Crippen LogP contribution < -0.4 is 20.1 Å². The standard InChI is InChI=1S/C17H24N4O4/c1-12(15-6-5-14(24-3)9-16(15)25-4)19-17(22)20-13-10-18-21(11-13)7-8-23-2/h5-6,9-12H,7-8H2,1-4H3,(H2,19,20,22)/t12-/m0/s1. The highest BCUT2D eigenvalue weighted by atomic mass is 16.5. The second-order valence-corrected chi connectivity index (χ2v) is 5.41. The molecule has 2 N–H and O–H groups in total. The Morgan fingerprint density at radius 1 is 1.28 bits per heavy atom. The number of hydrogen-bond acceptors (Lipinski definition) is 5. The van der Waals surface area contributed by atoms with E-state index < -0.39 is 0 Å². The molecule has 0 aliphatic rings. The quantitative estimate of drug-likeness (QED) is 0.765. The average molecular weight is 348 g/mol. The number of amides is 2. The predicted octanol–water partition coefficient (Wildman–Crippen LogP) is 2.43. The first-order valence-corrected chi connectivity index (χ1v) is 7.88. The minimum atomic E-state index is -0.323. The van der Waals surface area contributed by atoms with Gasteiger partial charge >= 0.3 is 6.03 Å². The number of methoxy groups -OCH3 is 3. The van der Waals surface area contributed by atoms with Gasteiger partial charge in [-0.05, 0) is 19.1 Å². The zero-order chi connectivity index (χ0) is 18.2. The van der Waals surface area contributed by atoms with Gasteiger partial charge in [0.05, 0.1) is 45.3 Å². The maximum atomic E-state index is 12.2. The number of nitrogens with one attached hydrogen (secondary N) is 2. The zero-order valence-electron chi connectivity index (χ0n) is 14.9. The largest absolute Gasteiger partial charge is 0.497 e. The summed E-state index contributed by atoms with van der Waals surface area (Å²) in [5.74, 6) is 1.35. The van der Waals surface area contributed by atoms with E-state index in [-0.39, 0.29) is 12.1 Å². The van der Waals surface area contributed by atoms with E-state index in [1.54, 1.807) is 44.5 Å². The molecular weight excluding hydrogens is 324 g/mol. The minimum absolute atomic E-state index is 0.246. The maximum Gasteiger partial charge on any atom is 0.319 e. The first-order chi connectivity index (χ1) is 12.1. The molecule has 2 rings (SSSR count). The molecule has 8 nitrogen and oxygen atoms in total. The Morgan fingerprint density at radius 2 is 2.08 bits per heavy atom. The molecule has 136 valence electrons. The molecule has 0 bridgehead atoms. The monoisotopic (exact) mass is 348 g/mol. The number of rotatable bonds is 8.